The first-order chi connectivity index (χ1) is 10.0. The summed E-state index contributed by atoms with van der Waals surface area (Å²) in [5.41, 5.74) is 2.65. The van der Waals surface area contributed by atoms with E-state index in [0.29, 0.717) is 19.1 Å². The van der Waals surface area contributed by atoms with Crippen molar-refractivity contribution in [1.82, 2.24) is 0 Å². The lowest BCUT2D eigenvalue weighted by atomic mass is 9.64. The van der Waals surface area contributed by atoms with E-state index in [1.54, 1.807) is 0 Å². The lowest BCUT2D eigenvalue weighted by Crippen LogP contribution is -2.39. The molecule has 2 rings (SSSR count). The van der Waals surface area contributed by atoms with Crippen LogP contribution in [0.2, 0.25) is 0 Å². The van der Waals surface area contributed by atoms with Crippen molar-refractivity contribution in [3.05, 3.63) is 35.4 Å². The summed E-state index contributed by atoms with van der Waals surface area (Å²) in [6.45, 7) is 7.62. The summed E-state index contributed by atoms with van der Waals surface area (Å²) >= 11 is 0. The number of hydrogen-bond donors (Lipinski definition) is 0. The molecule has 0 radical (unpaired) electrons. The van der Waals surface area contributed by atoms with Gasteiger partial charge < -0.3 is 14.6 Å². The Hall–Kier alpha value is -1.35. The second kappa shape index (κ2) is 7.08. The van der Waals surface area contributed by atoms with Gasteiger partial charge in [-0.2, -0.15) is 0 Å². The number of carbonyl (C=O) groups is 1. The second-order valence-corrected chi connectivity index (χ2v) is 6.33. The molecule has 0 saturated heterocycles. The fraction of sp³-hybridized carbons (Fsp3) is 0.611. The molecule has 3 unspecified atom stereocenters. The highest BCUT2D eigenvalue weighted by atomic mass is 16.5. The number of fused-ring (bicyclic) bond motifs is 1. The zero-order valence-electron chi connectivity index (χ0n) is 13.2. The van der Waals surface area contributed by atoms with Crippen molar-refractivity contribution in [3.63, 3.8) is 0 Å². The molecule has 1 aliphatic rings. The molecule has 3 heteroatoms. The highest BCUT2D eigenvalue weighted by Gasteiger charge is 2.37. The van der Waals surface area contributed by atoms with Gasteiger partial charge in [-0.3, -0.25) is 0 Å². The Morgan fingerprint density at radius 2 is 2.10 bits per heavy atom. The van der Waals surface area contributed by atoms with Crippen molar-refractivity contribution in [1.29, 1.82) is 0 Å². The van der Waals surface area contributed by atoms with Gasteiger partial charge >= 0.3 is 0 Å². The van der Waals surface area contributed by atoms with Crippen LogP contribution >= 0.6 is 0 Å². The fourth-order valence-electron chi connectivity index (χ4n) is 3.79. The Balaban J connectivity index is 2.36. The molecule has 0 saturated carbocycles. The smallest absolute Gasteiger partial charge is 0.0500 e. The minimum absolute atomic E-state index is 0.0939. The van der Waals surface area contributed by atoms with E-state index in [4.69, 9.17) is 4.74 Å². The highest BCUT2D eigenvalue weighted by Crippen LogP contribution is 2.45. The van der Waals surface area contributed by atoms with Crippen molar-refractivity contribution in [2.75, 3.05) is 13.2 Å². The number of ether oxygens (including phenoxy) is 1. The van der Waals surface area contributed by atoms with E-state index in [2.05, 4.69) is 32.0 Å². The van der Waals surface area contributed by atoms with Crippen LogP contribution in [-0.4, -0.2) is 19.2 Å². The monoisotopic (exact) mass is 289 g/mol. The van der Waals surface area contributed by atoms with Gasteiger partial charge in [-0.15, -0.1) is 0 Å². The summed E-state index contributed by atoms with van der Waals surface area (Å²) in [4.78, 5) is 11.2. The van der Waals surface area contributed by atoms with E-state index in [9.17, 15) is 9.90 Å². The molecule has 0 aliphatic heterocycles. The predicted octanol–water partition coefficient (Wildman–Crippen LogP) is 2.39. The quantitative estimate of drug-likeness (QED) is 0.808. The third-order valence-electron chi connectivity index (χ3n) is 4.62. The zero-order chi connectivity index (χ0) is 15.4. The number of rotatable bonds is 6. The molecule has 116 valence electrons. The molecule has 1 aromatic rings. The molecule has 0 heterocycles. The maximum absolute atomic E-state index is 11.2. The normalized spacial score (nSPS) is 24.9. The third-order valence-corrected chi connectivity index (χ3v) is 4.62. The van der Waals surface area contributed by atoms with Crippen molar-refractivity contribution in [2.45, 2.75) is 39.5 Å². The molecular formula is C18H25O3-. The number of hydrogen-bond acceptors (Lipinski definition) is 3. The lowest BCUT2D eigenvalue weighted by molar-refractivity contribution is -0.307. The average molecular weight is 289 g/mol. The molecule has 0 spiro atoms. The number of benzene rings is 1. The minimum Gasteiger partial charge on any atom is -0.550 e. The minimum atomic E-state index is -0.952. The number of carboxylic acid groups (broad SMARTS) is 1. The van der Waals surface area contributed by atoms with E-state index in [1.807, 2.05) is 13.0 Å². The van der Waals surface area contributed by atoms with Crippen molar-refractivity contribution in [3.8, 4) is 0 Å². The van der Waals surface area contributed by atoms with Crippen LogP contribution < -0.4 is 5.11 Å². The molecule has 0 fully saturated rings. The molecule has 21 heavy (non-hydrogen) atoms. The van der Waals surface area contributed by atoms with Gasteiger partial charge in [0.25, 0.3) is 0 Å². The predicted molar refractivity (Wildman–Crippen MR) is 80.8 cm³/mol. The number of carbonyl (C=O) groups excluding carboxylic acids is 1. The third kappa shape index (κ3) is 3.65. The highest BCUT2D eigenvalue weighted by molar-refractivity contribution is 5.65. The van der Waals surface area contributed by atoms with Crippen molar-refractivity contribution < 1.29 is 14.6 Å². The van der Waals surface area contributed by atoms with Gasteiger partial charge in [-0.25, -0.2) is 0 Å². The Bertz CT molecular complexity index is 481. The van der Waals surface area contributed by atoms with Crippen molar-refractivity contribution in [2.24, 2.45) is 17.8 Å². The standard InChI is InChI=1S/C18H26O3/c1-4-21-11-14-9-13-7-5-6-8-15(13)18(12(2)3)16(14)10-17(19)20/h5-8,12,14,16,18H,4,9-11H2,1-3H3,(H,19,20)/p-1. The van der Waals surface area contributed by atoms with Crippen LogP contribution in [0.5, 0.6) is 0 Å². The summed E-state index contributed by atoms with van der Waals surface area (Å²) in [7, 11) is 0. The maximum atomic E-state index is 11.2. The van der Waals surface area contributed by atoms with E-state index in [1.165, 1.54) is 11.1 Å². The van der Waals surface area contributed by atoms with E-state index < -0.39 is 5.97 Å². The van der Waals surface area contributed by atoms with Crippen LogP contribution in [0.4, 0.5) is 0 Å². The summed E-state index contributed by atoms with van der Waals surface area (Å²) in [5.74, 6) is 0.0614. The van der Waals surface area contributed by atoms with Gasteiger partial charge in [0.15, 0.2) is 0 Å². The molecule has 1 aliphatic carbocycles. The van der Waals surface area contributed by atoms with Crippen LogP contribution in [-0.2, 0) is 16.0 Å². The van der Waals surface area contributed by atoms with Gasteiger partial charge in [0.05, 0.1) is 0 Å². The van der Waals surface area contributed by atoms with Crippen LogP contribution in [0, 0.1) is 17.8 Å². The van der Waals surface area contributed by atoms with Crippen LogP contribution in [0.3, 0.4) is 0 Å². The van der Waals surface area contributed by atoms with Crippen molar-refractivity contribution >= 4 is 5.97 Å². The van der Waals surface area contributed by atoms with E-state index in [0.717, 1.165) is 6.42 Å². The first kappa shape index (κ1) is 16.0. The Morgan fingerprint density at radius 1 is 1.38 bits per heavy atom. The van der Waals surface area contributed by atoms with Gasteiger partial charge in [0.1, 0.15) is 0 Å². The second-order valence-electron chi connectivity index (χ2n) is 6.33. The van der Waals surface area contributed by atoms with Gasteiger partial charge in [0, 0.05) is 19.2 Å². The molecule has 3 nitrogen and oxygen atoms in total. The van der Waals surface area contributed by atoms with Gasteiger partial charge in [-0.05, 0) is 54.6 Å². The van der Waals surface area contributed by atoms with Gasteiger partial charge in [0.2, 0.25) is 0 Å². The van der Waals surface area contributed by atoms with Crippen LogP contribution in [0.15, 0.2) is 24.3 Å². The zero-order valence-corrected chi connectivity index (χ0v) is 13.2. The average Bonchev–Trinajstić information content (AvgIpc) is 2.43. The topological polar surface area (TPSA) is 49.4 Å². The molecule has 0 N–H and O–H groups in total. The number of carboxylic acids is 1. The first-order valence-electron chi connectivity index (χ1n) is 7.90. The maximum Gasteiger partial charge on any atom is 0.0500 e. The summed E-state index contributed by atoms with van der Waals surface area (Å²) in [6, 6.07) is 8.43. The largest absolute Gasteiger partial charge is 0.550 e. The first-order valence-corrected chi connectivity index (χ1v) is 7.90. The van der Waals surface area contributed by atoms with E-state index in [-0.39, 0.29) is 24.2 Å². The molecule has 1 aromatic carbocycles. The number of aliphatic carboxylic acids is 1. The molecule has 3 atom stereocenters. The SMILES string of the molecule is CCOCC1Cc2ccccc2C(C(C)C)C1CC(=O)[O-]. The summed E-state index contributed by atoms with van der Waals surface area (Å²) < 4.78 is 5.61. The molecular weight excluding hydrogens is 264 g/mol. The molecule has 0 aromatic heterocycles. The van der Waals surface area contributed by atoms with E-state index >= 15 is 0 Å². The summed E-state index contributed by atoms with van der Waals surface area (Å²) in [6.07, 6.45) is 1.02. The summed E-state index contributed by atoms with van der Waals surface area (Å²) in [5, 5.41) is 11.2. The van der Waals surface area contributed by atoms with Crippen LogP contribution in [0.1, 0.15) is 44.2 Å². The Morgan fingerprint density at radius 3 is 2.71 bits per heavy atom. The Labute approximate surface area is 127 Å². The molecule has 0 amide bonds. The fourth-order valence-corrected chi connectivity index (χ4v) is 3.79. The van der Waals surface area contributed by atoms with Gasteiger partial charge in [-0.1, -0.05) is 38.1 Å². The lowest BCUT2D eigenvalue weighted by Gasteiger charge is -2.42. The Kier molecular flexibility index (Phi) is 5.40. The molecule has 0 bridgehead atoms. The van der Waals surface area contributed by atoms with Crippen LogP contribution in [0.25, 0.3) is 0 Å².